The zero-order valence-corrected chi connectivity index (χ0v) is 13.2. The lowest BCUT2D eigenvalue weighted by Crippen LogP contribution is -2.25. The summed E-state index contributed by atoms with van der Waals surface area (Å²) in [5.74, 6) is 7.76. The van der Waals surface area contributed by atoms with Gasteiger partial charge in [-0.05, 0) is 23.6 Å². The molecule has 23 heavy (non-hydrogen) atoms. The van der Waals surface area contributed by atoms with Crippen LogP contribution in [0.1, 0.15) is 4.88 Å². The Bertz CT molecular complexity index is 731. The van der Waals surface area contributed by atoms with Crippen molar-refractivity contribution in [1.29, 1.82) is 0 Å². The second kappa shape index (κ2) is 7.56. The molecule has 0 radical (unpaired) electrons. The Morgan fingerprint density at radius 2 is 2.17 bits per heavy atom. The van der Waals surface area contributed by atoms with Crippen LogP contribution >= 0.6 is 11.3 Å². The molecule has 0 saturated carbocycles. The molecule has 0 spiro atoms. The minimum atomic E-state index is -0.0292. The molecule has 2 aromatic rings. The first-order valence-electron chi connectivity index (χ1n) is 7.08. The third-order valence-electron chi connectivity index (χ3n) is 3.07. The van der Waals surface area contributed by atoms with Gasteiger partial charge in [0.15, 0.2) is 11.5 Å². The van der Waals surface area contributed by atoms with E-state index in [9.17, 15) is 4.79 Å². The number of carbonyl (C=O) groups is 1. The van der Waals surface area contributed by atoms with Gasteiger partial charge in [0.1, 0.15) is 12.4 Å². The third kappa shape index (κ3) is 4.41. The number of thiophene rings is 1. The Balaban J connectivity index is 1.36. The summed E-state index contributed by atoms with van der Waals surface area (Å²) in [6, 6.07) is 9.25. The lowest BCUT2D eigenvalue weighted by atomic mass is 10.3. The van der Waals surface area contributed by atoms with Gasteiger partial charge in [0, 0.05) is 10.9 Å². The molecule has 5 nitrogen and oxygen atoms in total. The van der Waals surface area contributed by atoms with E-state index in [1.54, 1.807) is 29.5 Å². The molecule has 0 saturated heterocycles. The van der Waals surface area contributed by atoms with Crippen LogP contribution in [0.15, 0.2) is 35.7 Å². The third-order valence-corrected chi connectivity index (χ3v) is 3.95. The van der Waals surface area contributed by atoms with E-state index in [1.807, 2.05) is 17.5 Å². The van der Waals surface area contributed by atoms with Crippen molar-refractivity contribution in [2.45, 2.75) is 6.42 Å². The van der Waals surface area contributed by atoms with Gasteiger partial charge in [-0.3, -0.25) is 4.79 Å². The molecule has 1 N–H and O–H groups in total. The van der Waals surface area contributed by atoms with E-state index in [-0.39, 0.29) is 19.3 Å². The van der Waals surface area contributed by atoms with Crippen LogP contribution in [0.25, 0.3) is 0 Å². The van der Waals surface area contributed by atoms with Crippen LogP contribution in [-0.2, 0) is 11.2 Å². The summed E-state index contributed by atoms with van der Waals surface area (Å²) < 4.78 is 16.0. The molecule has 1 aromatic carbocycles. The van der Waals surface area contributed by atoms with Crippen LogP contribution in [0, 0.1) is 11.8 Å². The predicted octanol–water partition coefficient (Wildman–Crippen LogP) is 2.22. The molecule has 0 atom stereocenters. The van der Waals surface area contributed by atoms with E-state index in [4.69, 9.17) is 14.2 Å². The molecule has 1 aromatic heterocycles. The standard InChI is InChI=1S/C17H15NO4S/c19-17(11-14-4-3-9-23-14)18-7-1-2-8-20-13-5-6-15-16(10-13)22-12-21-15/h3-6,9-10H,7-8,11-12H2,(H,18,19). The van der Waals surface area contributed by atoms with E-state index >= 15 is 0 Å². The molecule has 1 aliphatic heterocycles. The van der Waals surface area contributed by atoms with Crippen molar-refractivity contribution < 1.29 is 19.0 Å². The van der Waals surface area contributed by atoms with Gasteiger partial charge in [0.25, 0.3) is 0 Å². The number of rotatable bonds is 5. The molecule has 0 unspecified atom stereocenters. The number of fused-ring (bicyclic) bond motifs is 1. The van der Waals surface area contributed by atoms with Crippen LogP contribution in [0.5, 0.6) is 17.2 Å². The maximum Gasteiger partial charge on any atom is 0.231 e. The Morgan fingerprint density at radius 3 is 3.04 bits per heavy atom. The van der Waals surface area contributed by atoms with Crippen LogP contribution in [0.4, 0.5) is 0 Å². The normalized spacial score (nSPS) is 11.5. The van der Waals surface area contributed by atoms with Crippen molar-refractivity contribution in [3.8, 4) is 29.1 Å². The van der Waals surface area contributed by atoms with Gasteiger partial charge in [-0.15, -0.1) is 11.3 Å². The van der Waals surface area contributed by atoms with E-state index in [0.29, 0.717) is 24.5 Å². The van der Waals surface area contributed by atoms with Crippen molar-refractivity contribution >= 4 is 17.2 Å². The number of nitrogens with one attached hydrogen (secondary N) is 1. The summed E-state index contributed by atoms with van der Waals surface area (Å²) in [5, 5.41) is 4.71. The molecule has 1 amide bonds. The van der Waals surface area contributed by atoms with Gasteiger partial charge in [0.2, 0.25) is 12.7 Å². The van der Waals surface area contributed by atoms with Crippen molar-refractivity contribution in [2.75, 3.05) is 19.9 Å². The van der Waals surface area contributed by atoms with Crippen LogP contribution < -0.4 is 19.5 Å². The lowest BCUT2D eigenvalue weighted by molar-refractivity contribution is -0.120. The second-order valence-electron chi connectivity index (χ2n) is 4.69. The quantitative estimate of drug-likeness (QED) is 0.855. The molecular weight excluding hydrogens is 314 g/mol. The van der Waals surface area contributed by atoms with Gasteiger partial charge >= 0.3 is 0 Å². The van der Waals surface area contributed by atoms with Gasteiger partial charge in [0.05, 0.1) is 13.0 Å². The number of ether oxygens (including phenoxy) is 3. The molecule has 0 bridgehead atoms. The Morgan fingerprint density at radius 1 is 1.26 bits per heavy atom. The van der Waals surface area contributed by atoms with E-state index in [2.05, 4.69) is 17.2 Å². The Hall–Kier alpha value is -2.65. The van der Waals surface area contributed by atoms with Crippen molar-refractivity contribution in [2.24, 2.45) is 0 Å². The van der Waals surface area contributed by atoms with E-state index in [0.717, 1.165) is 10.6 Å². The largest absolute Gasteiger partial charge is 0.481 e. The molecule has 0 aliphatic carbocycles. The first-order valence-corrected chi connectivity index (χ1v) is 7.96. The fraction of sp³-hybridized carbons (Fsp3) is 0.235. The highest BCUT2D eigenvalue weighted by Gasteiger charge is 2.13. The van der Waals surface area contributed by atoms with Gasteiger partial charge < -0.3 is 19.5 Å². The monoisotopic (exact) mass is 329 g/mol. The van der Waals surface area contributed by atoms with Crippen molar-refractivity contribution in [3.05, 3.63) is 40.6 Å². The summed E-state index contributed by atoms with van der Waals surface area (Å²) in [6.45, 7) is 0.804. The average Bonchev–Trinajstić information content (AvgIpc) is 3.21. The minimum Gasteiger partial charge on any atom is -0.481 e. The second-order valence-corrected chi connectivity index (χ2v) is 5.72. The molecule has 6 heteroatoms. The van der Waals surface area contributed by atoms with Gasteiger partial charge in [-0.1, -0.05) is 17.9 Å². The summed E-state index contributed by atoms with van der Waals surface area (Å²) in [6.07, 6.45) is 0.396. The zero-order chi connectivity index (χ0) is 15.9. The molecule has 0 fully saturated rings. The number of hydrogen-bond acceptors (Lipinski definition) is 5. The highest BCUT2D eigenvalue weighted by molar-refractivity contribution is 7.10. The lowest BCUT2D eigenvalue weighted by Gasteiger charge is -2.03. The van der Waals surface area contributed by atoms with Gasteiger partial charge in [-0.2, -0.15) is 0 Å². The highest BCUT2D eigenvalue weighted by atomic mass is 32.1. The highest BCUT2D eigenvalue weighted by Crippen LogP contribution is 2.34. The van der Waals surface area contributed by atoms with E-state index in [1.165, 1.54) is 0 Å². The zero-order valence-electron chi connectivity index (χ0n) is 12.3. The Kier molecular flexibility index (Phi) is 5.02. The first kappa shape index (κ1) is 15.3. The molecule has 2 heterocycles. The smallest absolute Gasteiger partial charge is 0.231 e. The van der Waals surface area contributed by atoms with Crippen molar-refractivity contribution in [3.63, 3.8) is 0 Å². The summed E-state index contributed by atoms with van der Waals surface area (Å²) in [7, 11) is 0. The van der Waals surface area contributed by atoms with E-state index < -0.39 is 0 Å². The number of amides is 1. The Labute approximate surface area is 138 Å². The maximum absolute atomic E-state index is 11.6. The average molecular weight is 329 g/mol. The summed E-state index contributed by atoms with van der Waals surface area (Å²) in [5.41, 5.74) is 0. The summed E-state index contributed by atoms with van der Waals surface area (Å²) in [4.78, 5) is 12.7. The molecule has 3 rings (SSSR count). The fourth-order valence-corrected chi connectivity index (χ4v) is 2.68. The van der Waals surface area contributed by atoms with Crippen LogP contribution in [-0.4, -0.2) is 25.9 Å². The molecular formula is C17H15NO4S. The maximum atomic E-state index is 11.6. The number of carbonyl (C=O) groups excluding carboxylic acids is 1. The number of benzene rings is 1. The topological polar surface area (TPSA) is 56.8 Å². The van der Waals surface area contributed by atoms with Crippen LogP contribution in [0.3, 0.4) is 0 Å². The molecule has 118 valence electrons. The number of hydrogen-bond donors (Lipinski definition) is 1. The molecule has 1 aliphatic rings. The first-order chi connectivity index (χ1) is 11.3. The van der Waals surface area contributed by atoms with Crippen LogP contribution in [0.2, 0.25) is 0 Å². The summed E-state index contributed by atoms with van der Waals surface area (Å²) >= 11 is 1.57. The predicted molar refractivity (Wildman–Crippen MR) is 86.9 cm³/mol. The van der Waals surface area contributed by atoms with Gasteiger partial charge in [-0.25, -0.2) is 0 Å². The SMILES string of the molecule is O=C(Cc1cccs1)NCC#CCOc1ccc2c(c1)OCO2. The van der Waals surface area contributed by atoms with Crippen molar-refractivity contribution in [1.82, 2.24) is 5.32 Å². The fourth-order valence-electron chi connectivity index (χ4n) is 1.98. The minimum absolute atomic E-state index is 0.0292.